The molecule has 1 N–H and O–H groups in total. The molecule has 0 bridgehead atoms. The molecule has 8 heteroatoms. The number of oxazole rings is 1. The molecule has 0 saturated carbocycles. The number of piperidine rings is 1. The molecular weight excluding hydrogens is 438 g/mol. The number of sulfonamides is 1. The molecule has 1 aliphatic rings. The van der Waals surface area contributed by atoms with Crippen molar-refractivity contribution in [3.8, 4) is 11.5 Å². The Labute approximate surface area is 192 Å². The fourth-order valence-corrected chi connectivity index (χ4v) is 5.51. The first kappa shape index (κ1) is 21.4. The first-order valence-electron chi connectivity index (χ1n) is 10.9. The number of fused-ring (bicyclic) bond motifs is 1. The van der Waals surface area contributed by atoms with Crippen molar-refractivity contribution in [2.75, 3.05) is 18.4 Å². The lowest BCUT2D eigenvalue weighted by Crippen LogP contribution is -2.35. The van der Waals surface area contributed by atoms with Crippen LogP contribution in [0.15, 0.2) is 82.1 Å². The molecular formula is C25H23N3O4S. The third-order valence-corrected chi connectivity index (χ3v) is 7.68. The van der Waals surface area contributed by atoms with Crippen LogP contribution in [0.2, 0.25) is 0 Å². The highest BCUT2D eigenvalue weighted by Crippen LogP contribution is 2.30. The Balaban J connectivity index is 1.37. The number of amides is 1. The van der Waals surface area contributed by atoms with E-state index < -0.39 is 10.0 Å². The molecule has 0 unspecified atom stereocenters. The highest BCUT2D eigenvalue weighted by molar-refractivity contribution is 7.89. The summed E-state index contributed by atoms with van der Waals surface area (Å²) < 4.78 is 33.1. The Hall–Kier alpha value is -3.49. The topological polar surface area (TPSA) is 92.5 Å². The van der Waals surface area contributed by atoms with Crippen LogP contribution in [-0.4, -0.2) is 36.7 Å². The molecule has 1 aromatic heterocycles. The number of anilines is 1. The van der Waals surface area contributed by atoms with Crippen molar-refractivity contribution in [3.05, 3.63) is 78.4 Å². The van der Waals surface area contributed by atoms with E-state index in [9.17, 15) is 13.2 Å². The van der Waals surface area contributed by atoms with Crippen molar-refractivity contribution >= 4 is 32.7 Å². The van der Waals surface area contributed by atoms with Gasteiger partial charge in [0, 0.05) is 18.7 Å². The lowest BCUT2D eigenvalue weighted by atomic mass is 10.1. The van der Waals surface area contributed by atoms with Gasteiger partial charge in [-0.15, -0.1) is 0 Å². The lowest BCUT2D eigenvalue weighted by Gasteiger charge is -2.25. The molecule has 33 heavy (non-hydrogen) atoms. The number of aromatic nitrogens is 1. The van der Waals surface area contributed by atoms with Crippen LogP contribution in [-0.2, 0) is 10.0 Å². The van der Waals surface area contributed by atoms with Gasteiger partial charge in [-0.2, -0.15) is 4.31 Å². The summed E-state index contributed by atoms with van der Waals surface area (Å²) in [5.41, 5.74) is 2.98. The van der Waals surface area contributed by atoms with Crippen molar-refractivity contribution in [1.29, 1.82) is 0 Å². The molecule has 3 aromatic carbocycles. The summed E-state index contributed by atoms with van der Waals surface area (Å²) in [7, 11) is -3.54. The van der Waals surface area contributed by atoms with E-state index in [0.717, 1.165) is 24.8 Å². The fourth-order valence-electron chi connectivity index (χ4n) is 3.99. The number of benzene rings is 3. The Morgan fingerprint density at radius 1 is 0.879 bits per heavy atom. The molecule has 1 aliphatic heterocycles. The molecule has 1 saturated heterocycles. The van der Waals surface area contributed by atoms with Gasteiger partial charge in [0.15, 0.2) is 5.58 Å². The van der Waals surface area contributed by atoms with E-state index in [1.54, 1.807) is 6.07 Å². The summed E-state index contributed by atoms with van der Waals surface area (Å²) in [5, 5.41) is 2.89. The smallest absolute Gasteiger partial charge is 0.255 e. The highest BCUT2D eigenvalue weighted by Gasteiger charge is 2.26. The maximum absolute atomic E-state index is 12.9. The second-order valence-corrected chi connectivity index (χ2v) is 9.91. The summed E-state index contributed by atoms with van der Waals surface area (Å²) in [4.78, 5) is 17.6. The van der Waals surface area contributed by atoms with Gasteiger partial charge in [0.05, 0.1) is 16.1 Å². The number of nitrogens with one attached hydrogen (secondary N) is 1. The van der Waals surface area contributed by atoms with E-state index in [0.29, 0.717) is 41.4 Å². The monoisotopic (exact) mass is 461 g/mol. The maximum atomic E-state index is 12.9. The molecule has 1 fully saturated rings. The summed E-state index contributed by atoms with van der Waals surface area (Å²) >= 11 is 0. The van der Waals surface area contributed by atoms with E-state index in [4.69, 9.17) is 4.42 Å². The molecule has 0 aliphatic carbocycles. The number of hydrogen-bond donors (Lipinski definition) is 1. The summed E-state index contributed by atoms with van der Waals surface area (Å²) in [6, 6.07) is 20.8. The van der Waals surface area contributed by atoms with Crippen molar-refractivity contribution in [3.63, 3.8) is 0 Å². The van der Waals surface area contributed by atoms with Crippen molar-refractivity contribution < 1.29 is 17.6 Å². The van der Waals surface area contributed by atoms with Crippen molar-refractivity contribution in [1.82, 2.24) is 9.29 Å². The van der Waals surface area contributed by atoms with E-state index >= 15 is 0 Å². The van der Waals surface area contributed by atoms with E-state index in [1.807, 2.05) is 42.5 Å². The summed E-state index contributed by atoms with van der Waals surface area (Å²) in [6.07, 6.45) is 2.80. The zero-order valence-corrected chi connectivity index (χ0v) is 18.7. The van der Waals surface area contributed by atoms with Gasteiger partial charge in [-0.05, 0) is 61.4 Å². The van der Waals surface area contributed by atoms with Gasteiger partial charge < -0.3 is 9.73 Å². The van der Waals surface area contributed by atoms with Crippen LogP contribution in [0.25, 0.3) is 22.6 Å². The van der Waals surface area contributed by atoms with Crippen LogP contribution in [0.5, 0.6) is 0 Å². The van der Waals surface area contributed by atoms with E-state index in [-0.39, 0.29) is 10.8 Å². The predicted octanol–water partition coefficient (Wildman–Crippen LogP) is 4.92. The van der Waals surface area contributed by atoms with Crippen molar-refractivity contribution in [2.24, 2.45) is 0 Å². The van der Waals surface area contributed by atoms with Gasteiger partial charge in [-0.3, -0.25) is 4.79 Å². The highest BCUT2D eigenvalue weighted by atomic mass is 32.2. The minimum atomic E-state index is -3.54. The van der Waals surface area contributed by atoms with E-state index in [1.165, 1.54) is 28.6 Å². The van der Waals surface area contributed by atoms with Gasteiger partial charge in [-0.1, -0.05) is 30.7 Å². The number of nitrogens with zero attached hydrogens (tertiary/aromatic N) is 2. The molecule has 0 spiro atoms. The average Bonchev–Trinajstić information content (AvgIpc) is 3.29. The second-order valence-electron chi connectivity index (χ2n) is 7.98. The van der Waals surface area contributed by atoms with Crippen LogP contribution in [0.4, 0.5) is 5.69 Å². The second kappa shape index (κ2) is 8.80. The first-order chi connectivity index (χ1) is 16.0. The Bertz CT molecular complexity index is 1370. The maximum Gasteiger partial charge on any atom is 0.255 e. The molecule has 4 aromatic rings. The zero-order chi connectivity index (χ0) is 22.8. The van der Waals surface area contributed by atoms with Crippen LogP contribution in [0.1, 0.15) is 29.6 Å². The Kier molecular flexibility index (Phi) is 5.70. The van der Waals surface area contributed by atoms with Crippen LogP contribution >= 0.6 is 0 Å². The molecule has 0 radical (unpaired) electrons. The minimum Gasteiger partial charge on any atom is -0.436 e. The largest absolute Gasteiger partial charge is 0.436 e. The number of carbonyl (C=O) groups excluding carboxylic acids is 1. The minimum absolute atomic E-state index is 0.202. The van der Waals surface area contributed by atoms with Crippen LogP contribution in [0, 0.1) is 0 Å². The molecule has 5 rings (SSSR count). The first-order valence-corrected chi connectivity index (χ1v) is 12.3. The van der Waals surface area contributed by atoms with Crippen molar-refractivity contribution in [2.45, 2.75) is 24.2 Å². The average molecular weight is 462 g/mol. The lowest BCUT2D eigenvalue weighted by molar-refractivity contribution is 0.102. The number of carbonyl (C=O) groups is 1. The standard InChI is InChI=1S/C25H23N3O4S/c29-24(18-12-14-19(15-13-18)33(30,31)28-16-6-1-7-17-28)26-21-9-3-2-8-20(21)25-27-22-10-4-5-11-23(22)32-25/h2-5,8-15H,1,6-7,16-17H2,(H,26,29). The predicted molar refractivity (Wildman–Crippen MR) is 126 cm³/mol. The van der Waals surface area contributed by atoms with Gasteiger partial charge in [-0.25, -0.2) is 13.4 Å². The SMILES string of the molecule is O=C(Nc1ccccc1-c1nc2ccccc2o1)c1ccc(S(=O)(=O)N2CCCCC2)cc1. The van der Waals surface area contributed by atoms with E-state index in [2.05, 4.69) is 10.3 Å². The van der Waals surface area contributed by atoms with Gasteiger partial charge in [0.1, 0.15) is 5.52 Å². The summed E-state index contributed by atoms with van der Waals surface area (Å²) in [5.74, 6) is 0.0653. The third kappa shape index (κ3) is 4.27. The Morgan fingerprint density at radius 3 is 2.33 bits per heavy atom. The Morgan fingerprint density at radius 2 is 1.58 bits per heavy atom. The van der Waals surface area contributed by atoms with Crippen LogP contribution < -0.4 is 5.32 Å². The molecule has 168 valence electrons. The number of rotatable bonds is 5. The van der Waals surface area contributed by atoms with Gasteiger partial charge in [0.2, 0.25) is 15.9 Å². The summed E-state index contributed by atoms with van der Waals surface area (Å²) in [6.45, 7) is 1.08. The van der Waals surface area contributed by atoms with Gasteiger partial charge in [0.25, 0.3) is 5.91 Å². The number of para-hydroxylation sites is 3. The molecule has 0 atom stereocenters. The quantitative estimate of drug-likeness (QED) is 0.455. The third-order valence-electron chi connectivity index (χ3n) is 5.77. The van der Waals surface area contributed by atoms with Gasteiger partial charge >= 0.3 is 0 Å². The normalized spacial score (nSPS) is 14.9. The zero-order valence-electron chi connectivity index (χ0n) is 17.9. The molecule has 1 amide bonds. The molecule has 2 heterocycles. The number of hydrogen-bond acceptors (Lipinski definition) is 5. The van der Waals surface area contributed by atoms with Crippen LogP contribution in [0.3, 0.4) is 0 Å². The molecule has 7 nitrogen and oxygen atoms in total. The fraction of sp³-hybridized carbons (Fsp3) is 0.200.